The van der Waals surface area contributed by atoms with Gasteiger partial charge in [-0.3, -0.25) is 4.79 Å². The van der Waals surface area contributed by atoms with Gasteiger partial charge in [0.15, 0.2) is 11.5 Å². The minimum atomic E-state index is -3.65. The molecular weight excluding hydrogens is 462 g/mol. The molecule has 5 rings (SSSR count). The first kappa shape index (κ1) is 22.4. The van der Waals surface area contributed by atoms with Crippen molar-refractivity contribution < 1.29 is 17.6 Å². The van der Waals surface area contributed by atoms with Crippen LogP contribution in [-0.4, -0.2) is 54.7 Å². The van der Waals surface area contributed by atoms with Crippen LogP contribution in [0.15, 0.2) is 57.8 Å². The molecular formula is C24H26ClN3O4S. The van der Waals surface area contributed by atoms with Gasteiger partial charge in [-0.15, -0.1) is 0 Å². The summed E-state index contributed by atoms with van der Waals surface area (Å²) in [5.41, 5.74) is 1.64. The van der Waals surface area contributed by atoms with Crippen LogP contribution in [-0.2, 0) is 14.8 Å². The first-order chi connectivity index (χ1) is 15.9. The van der Waals surface area contributed by atoms with Gasteiger partial charge in [0, 0.05) is 37.1 Å². The molecule has 9 heteroatoms. The second-order valence-corrected chi connectivity index (χ2v) is 11.1. The summed E-state index contributed by atoms with van der Waals surface area (Å²) in [6, 6.07) is 13.9. The topological polar surface area (TPSA) is 83.7 Å². The Morgan fingerprint density at radius 3 is 2.45 bits per heavy atom. The quantitative estimate of drug-likeness (QED) is 0.548. The highest BCUT2D eigenvalue weighted by Gasteiger charge is 2.36. The van der Waals surface area contributed by atoms with Crippen LogP contribution in [0.1, 0.15) is 37.5 Å². The Balaban J connectivity index is 1.22. The molecule has 0 spiro atoms. The molecule has 3 aromatic rings. The van der Waals surface area contributed by atoms with Crippen LogP contribution >= 0.6 is 11.6 Å². The number of amides is 1. The zero-order chi connectivity index (χ0) is 23.0. The van der Waals surface area contributed by atoms with Crippen molar-refractivity contribution in [3.63, 3.8) is 0 Å². The molecule has 2 aliphatic heterocycles. The summed E-state index contributed by atoms with van der Waals surface area (Å²) in [5, 5.41) is 0.488. The minimum Gasteiger partial charge on any atom is -0.440 e. The number of likely N-dealkylation sites (tertiary alicyclic amines) is 1. The number of sulfonamides is 1. The molecule has 0 aliphatic carbocycles. The number of nitrogens with zero attached hydrogens (tertiary/aromatic N) is 3. The van der Waals surface area contributed by atoms with Crippen LogP contribution in [0.25, 0.3) is 11.1 Å². The number of oxazole rings is 1. The van der Waals surface area contributed by atoms with E-state index in [1.807, 2.05) is 29.2 Å². The lowest BCUT2D eigenvalue weighted by atomic mass is 9.93. The highest BCUT2D eigenvalue weighted by Crippen LogP contribution is 2.32. The van der Waals surface area contributed by atoms with Crippen molar-refractivity contribution in [2.75, 3.05) is 26.2 Å². The van der Waals surface area contributed by atoms with E-state index < -0.39 is 10.0 Å². The molecule has 2 aromatic carbocycles. The summed E-state index contributed by atoms with van der Waals surface area (Å²) in [7, 11) is -3.65. The van der Waals surface area contributed by atoms with Gasteiger partial charge in [0.2, 0.25) is 15.9 Å². The van der Waals surface area contributed by atoms with Gasteiger partial charge in [0.1, 0.15) is 5.52 Å². The maximum atomic E-state index is 13.2. The van der Waals surface area contributed by atoms with E-state index in [-0.39, 0.29) is 29.2 Å². The van der Waals surface area contributed by atoms with E-state index in [1.54, 1.807) is 12.1 Å². The predicted octanol–water partition coefficient (Wildman–Crippen LogP) is 4.29. The Hall–Kier alpha value is -2.42. The van der Waals surface area contributed by atoms with Crippen LogP contribution in [0.5, 0.6) is 0 Å². The van der Waals surface area contributed by atoms with Gasteiger partial charge in [0.25, 0.3) is 0 Å². The average Bonchev–Trinajstić information content (AvgIpc) is 3.28. The lowest BCUT2D eigenvalue weighted by Gasteiger charge is -2.37. The van der Waals surface area contributed by atoms with E-state index in [4.69, 9.17) is 16.0 Å². The van der Waals surface area contributed by atoms with Crippen LogP contribution in [0.4, 0.5) is 0 Å². The van der Waals surface area contributed by atoms with Crippen molar-refractivity contribution in [1.82, 2.24) is 14.2 Å². The van der Waals surface area contributed by atoms with Crippen LogP contribution < -0.4 is 0 Å². The van der Waals surface area contributed by atoms with Gasteiger partial charge in [-0.1, -0.05) is 23.7 Å². The average molecular weight is 488 g/mol. The summed E-state index contributed by atoms with van der Waals surface area (Å²) >= 11 is 5.90. The fourth-order valence-electron chi connectivity index (χ4n) is 4.79. The summed E-state index contributed by atoms with van der Waals surface area (Å²) in [6.45, 7) is 1.90. The molecule has 0 bridgehead atoms. The number of carbonyl (C=O) groups excluding carboxylic acids is 1. The summed E-state index contributed by atoms with van der Waals surface area (Å²) in [4.78, 5) is 19.9. The molecule has 7 nitrogen and oxygen atoms in total. The third kappa shape index (κ3) is 4.52. The molecule has 174 valence electrons. The molecule has 0 radical (unpaired) electrons. The second-order valence-electron chi connectivity index (χ2n) is 8.78. The van der Waals surface area contributed by atoms with E-state index in [1.165, 1.54) is 16.4 Å². The monoisotopic (exact) mass is 487 g/mol. The van der Waals surface area contributed by atoms with E-state index in [0.717, 1.165) is 29.8 Å². The summed E-state index contributed by atoms with van der Waals surface area (Å²) in [5.74, 6) is 0.652. The minimum absolute atomic E-state index is 0.0435. The number of piperidine rings is 2. The third-order valence-electron chi connectivity index (χ3n) is 6.65. The first-order valence-corrected chi connectivity index (χ1v) is 13.1. The van der Waals surface area contributed by atoms with Crippen molar-refractivity contribution in [3.05, 3.63) is 59.4 Å². The maximum Gasteiger partial charge on any atom is 0.243 e. The summed E-state index contributed by atoms with van der Waals surface area (Å²) in [6.07, 6.45) is 2.95. The number of para-hydroxylation sites is 2. The normalized spacial score (nSPS) is 20.9. The molecule has 0 N–H and O–H groups in total. The zero-order valence-corrected chi connectivity index (χ0v) is 19.8. The van der Waals surface area contributed by atoms with Crippen molar-refractivity contribution >= 4 is 38.6 Å². The van der Waals surface area contributed by atoms with Crippen LogP contribution in [0.3, 0.4) is 0 Å². The molecule has 0 saturated carbocycles. The van der Waals surface area contributed by atoms with Crippen molar-refractivity contribution in [3.8, 4) is 0 Å². The molecule has 33 heavy (non-hydrogen) atoms. The highest BCUT2D eigenvalue weighted by molar-refractivity contribution is 7.89. The Morgan fingerprint density at radius 1 is 1.00 bits per heavy atom. The zero-order valence-electron chi connectivity index (χ0n) is 18.2. The van der Waals surface area contributed by atoms with E-state index in [9.17, 15) is 13.2 Å². The van der Waals surface area contributed by atoms with Crippen LogP contribution in [0, 0.1) is 5.92 Å². The number of fused-ring (bicyclic) bond motifs is 1. The fourth-order valence-corrected chi connectivity index (χ4v) is 6.44. The number of benzene rings is 2. The molecule has 2 aliphatic rings. The lowest BCUT2D eigenvalue weighted by Crippen LogP contribution is -2.48. The van der Waals surface area contributed by atoms with Gasteiger partial charge in [0.05, 0.1) is 10.8 Å². The lowest BCUT2D eigenvalue weighted by molar-refractivity contribution is -0.137. The fraction of sp³-hybridized carbons (Fsp3) is 0.417. The first-order valence-electron chi connectivity index (χ1n) is 11.3. The standard InChI is InChI=1S/C24H26ClN3O4S/c25-19-7-9-20(10-8-19)33(30,31)28-13-3-4-18(16-28)24(29)27-14-11-17(12-15-27)23-26-21-5-1-2-6-22(21)32-23/h1-2,5-10,17-18H,3-4,11-16H2. The number of rotatable bonds is 4. The molecule has 1 amide bonds. The highest BCUT2D eigenvalue weighted by atomic mass is 35.5. The second kappa shape index (κ2) is 9.08. The Labute approximate surface area is 198 Å². The number of hydrogen-bond donors (Lipinski definition) is 0. The number of hydrogen-bond acceptors (Lipinski definition) is 5. The van der Waals surface area contributed by atoms with Crippen LogP contribution in [0.2, 0.25) is 5.02 Å². The largest absolute Gasteiger partial charge is 0.440 e. The SMILES string of the molecule is O=C(C1CCCN(S(=O)(=O)c2ccc(Cl)cc2)C1)N1CCC(c2nc3ccccc3o2)CC1. The van der Waals surface area contributed by atoms with E-state index in [2.05, 4.69) is 4.98 Å². The van der Waals surface area contributed by atoms with Gasteiger partial charge in [-0.25, -0.2) is 13.4 Å². The van der Waals surface area contributed by atoms with Gasteiger partial charge in [-0.2, -0.15) is 4.31 Å². The van der Waals surface area contributed by atoms with E-state index in [0.29, 0.717) is 37.5 Å². The van der Waals surface area contributed by atoms with Gasteiger partial charge in [-0.05, 0) is 62.1 Å². The van der Waals surface area contributed by atoms with Gasteiger partial charge < -0.3 is 9.32 Å². The molecule has 3 heterocycles. The Morgan fingerprint density at radius 2 is 1.73 bits per heavy atom. The molecule has 1 unspecified atom stereocenters. The predicted molar refractivity (Wildman–Crippen MR) is 125 cm³/mol. The Bertz CT molecular complexity index is 1220. The number of carbonyl (C=O) groups is 1. The number of halogens is 1. The van der Waals surface area contributed by atoms with E-state index >= 15 is 0 Å². The van der Waals surface area contributed by atoms with Crippen molar-refractivity contribution in [2.45, 2.75) is 36.5 Å². The third-order valence-corrected chi connectivity index (χ3v) is 8.78. The summed E-state index contributed by atoms with van der Waals surface area (Å²) < 4.78 is 33.5. The molecule has 1 aromatic heterocycles. The molecule has 2 fully saturated rings. The number of aromatic nitrogens is 1. The van der Waals surface area contributed by atoms with Crippen molar-refractivity contribution in [1.29, 1.82) is 0 Å². The maximum absolute atomic E-state index is 13.2. The van der Waals surface area contributed by atoms with Gasteiger partial charge >= 0.3 is 0 Å². The Kier molecular flexibility index (Phi) is 6.16. The molecule has 1 atom stereocenters. The van der Waals surface area contributed by atoms with Crippen molar-refractivity contribution in [2.24, 2.45) is 5.92 Å². The smallest absolute Gasteiger partial charge is 0.243 e. The molecule has 2 saturated heterocycles.